The first-order valence-corrected chi connectivity index (χ1v) is 7.38. The number of aryl methyl sites for hydroxylation is 1. The van der Waals surface area contributed by atoms with Crippen molar-refractivity contribution in [2.75, 3.05) is 6.54 Å². The molecular formula is C18H17FN2O2. The number of amides is 1. The number of phenolic OH excluding ortho intramolecular Hbond substituents is 1. The summed E-state index contributed by atoms with van der Waals surface area (Å²) in [5.74, 6) is -0.642. The highest BCUT2D eigenvalue weighted by molar-refractivity contribution is 5.96. The van der Waals surface area contributed by atoms with Crippen molar-refractivity contribution in [3.05, 3.63) is 65.1 Å². The van der Waals surface area contributed by atoms with E-state index < -0.39 is 0 Å². The minimum atomic E-state index is -0.325. The molecule has 1 amide bonds. The Hall–Kier alpha value is -2.82. The predicted octanol–water partition coefficient (Wildman–Crippen LogP) is 3.29. The Morgan fingerprint density at radius 3 is 2.87 bits per heavy atom. The quantitative estimate of drug-likeness (QED) is 0.692. The van der Waals surface area contributed by atoms with Crippen molar-refractivity contribution in [2.24, 2.45) is 0 Å². The van der Waals surface area contributed by atoms with Gasteiger partial charge in [-0.25, -0.2) is 4.39 Å². The van der Waals surface area contributed by atoms with E-state index in [1.807, 2.05) is 13.1 Å². The number of carbonyl (C=O) groups excluding carboxylic acids is 1. The highest BCUT2D eigenvalue weighted by Crippen LogP contribution is 2.20. The zero-order valence-electron chi connectivity index (χ0n) is 12.7. The second kappa shape index (κ2) is 6.12. The summed E-state index contributed by atoms with van der Waals surface area (Å²) in [5, 5.41) is 13.4. The van der Waals surface area contributed by atoms with Crippen molar-refractivity contribution in [1.82, 2.24) is 10.3 Å². The third-order valence-electron chi connectivity index (χ3n) is 3.81. The Kier molecular flexibility index (Phi) is 4.02. The second-order valence-corrected chi connectivity index (χ2v) is 5.53. The average Bonchev–Trinajstić information content (AvgIpc) is 2.89. The number of aromatic amines is 1. The van der Waals surface area contributed by atoms with Gasteiger partial charge in [0.15, 0.2) is 0 Å². The Labute approximate surface area is 133 Å². The molecule has 0 saturated carbocycles. The van der Waals surface area contributed by atoms with E-state index in [2.05, 4.69) is 10.3 Å². The van der Waals surface area contributed by atoms with Crippen LogP contribution in [-0.2, 0) is 6.42 Å². The highest BCUT2D eigenvalue weighted by atomic mass is 19.1. The Morgan fingerprint density at radius 2 is 2.09 bits per heavy atom. The van der Waals surface area contributed by atoms with E-state index in [0.29, 0.717) is 13.0 Å². The zero-order valence-corrected chi connectivity index (χ0v) is 12.7. The van der Waals surface area contributed by atoms with Crippen molar-refractivity contribution in [3.63, 3.8) is 0 Å². The maximum atomic E-state index is 13.3. The summed E-state index contributed by atoms with van der Waals surface area (Å²) in [6, 6.07) is 9.51. The number of nitrogens with one attached hydrogen (secondary N) is 2. The molecule has 0 aliphatic carbocycles. The summed E-state index contributed by atoms with van der Waals surface area (Å²) >= 11 is 0. The largest absolute Gasteiger partial charge is 0.507 e. The Bertz CT molecular complexity index is 871. The lowest BCUT2D eigenvalue weighted by atomic mass is 10.1. The average molecular weight is 312 g/mol. The first-order chi connectivity index (χ1) is 11.0. The molecule has 1 aromatic heterocycles. The molecule has 3 rings (SSSR count). The van der Waals surface area contributed by atoms with Gasteiger partial charge in [-0.1, -0.05) is 6.07 Å². The molecule has 0 radical (unpaired) electrons. The van der Waals surface area contributed by atoms with Crippen molar-refractivity contribution >= 4 is 16.8 Å². The van der Waals surface area contributed by atoms with Crippen LogP contribution in [0.4, 0.5) is 4.39 Å². The number of carbonyl (C=O) groups is 1. The van der Waals surface area contributed by atoms with Crippen molar-refractivity contribution in [1.29, 1.82) is 0 Å². The van der Waals surface area contributed by atoms with Crippen LogP contribution in [0.5, 0.6) is 5.75 Å². The maximum absolute atomic E-state index is 13.3. The Balaban J connectivity index is 1.66. The number of benzene rings is 2. The summed E-state index contributed by atoms with van der Waals surface area (Å²) in [6.45, 7) is 2.24. The smallest absolute Gasteiger partial charge is 0.255 e. The lowest BCUT2D eigenvalue weighted by Crippen LogP contribution is -2.25. The SMILES string of the molecule is Cc1ccc(C(=O)NCCc2c[nH]c3ccc(F)cc23)c(O)c1. The van der Waals surface area contributed by atoms with Gasteiger partial charge in [-0.05, 0) is 54.8 Å². The summed E-state index contributed by atoms with van der Waals surface area (Å²) < 4.78 is 13.3. The third kappa shape index (κ3) is 3.18. The summed E-state index contributed by atoms with van der Waals surface area (Å²) in [6.07, 6.45) is 2.39. The first-order valence-electron chi connectivity index (χ1n) is 7.38. The van der Waals surface area contributed by atoms with Crippen molar-refractivity contribution in [3.8, 4) is 5.75 Å². The summed E-state index contributed by atoms with van der Waals surface area (Å²) in [4.78, 5) is 15.2. The molecule has 0 bridgehead atoms. The van der Waals surface area contributed by atoms with Crippen LogP contribution in [-0.4, -0.2) is 22.5 Å². The molecule has 1 heterocycles. The number of H-pyrrole nitrogens is 1. The monoisotopic (exact) mass is 312 g/mol. The van der Waals surface area contributed by atoms with Crippen LogP contribution in [0.1, 0.15) is 21.5 Å². The first kappa shape index (κ1) is 15.1. The number of phenols is 1. The minimum Gasteiger partial charge on any atom is -0.507 e. The summed E-state index contributed by atoms with van der Waals surface area (Å²) in [7, 11) is 0. The number of halogens is 1. The number of fused-ring (bicyclic) bond motifs is 1. The van der Waals surface area contributed by atoms with E-state index in [-0.39, 0.29) is 23.0 Å². The van der Waals surface area contributed by atoms with E-state index in [0.717, 1.165) is 22.0 Å². The van der Waals surface area contributed by atoms with E-state index in [1.165, 1.54) is 12.1 Å². The predicted molar refractivity (Wildman–Crippen MR) is 87.1 cm³/mol. The fraction of sp³-hybridized carbons (Fsp3) is 0.167. The van der Waals surface area contributed by atoms with Crippen LogP contribution in [0, 0.1) is 12.7 Å². The molecule has 0 unspecified atom stereocenters. The standard InChI is InChI=1S/C18H17FN2O2/c1-11-2-4-14(17(22)8-11)18(23)20-7-6-12-10-21-16-5-3-13(19)9-15(12)16/h2-5,8-10,21-22H,6-7H2,1H3,(H,20,23). The van der Waals surface area contributed by atoms with Gasteiger partial charge in [-0.3, -0.25) is 4.79 Å². The highest BCUT2D eigenvalue weighted by Gasteiger charge is 2.11. The van der Waals surface area contributed by atoms with Gasteiger partial charge in [-0.15, -0.1) is 0 Å². The fourth-order valence-corrected chi connectivity index (χ4v) is 2.60. The molecule has 0 saturated heterocycles. The molecule has 118 valence electrons. The number of hydrogen-bond acceptors (Lipinski definition) is 2. The number of rotatable bonds is 4. The van der Waals surface area contributed by atoms with Gasteiger partial charge in [0, 0.05) is 23.6 Å². The maximum Gasteiger partial charge on any atom is 0.255 e. The van der Waals surface area contributed by atoms with E-state index in [1.54, 1.807) is 24.3 Å². The molecule has 3 N–H and O–H groups in total. The third-order valence-corrected chi connectivity index (χ3v) is 3.81. The molecule has 0 aliphatic rings. The van der Waals surface area contributed by atoms with Crippen LogP contribution in [0.25, 0.3) is 10.9 Å². The van der Waals surface area contributed by atoms with Crippen LogP contribution in [0.15, 0.2) is 42.6 Å². The number of aromatic hydroxyl groups is 1. The van der Waals surface area contributed by atoms with Gasteiger partial charge < -0.3 is 15.4 Å². The van der Waals surface area contributed by atoms with Crippen LogP contribution in [0.3, 0.4) is 0 Å². The fourth-order valence-electron chi connectivity index (χ4n) is 2.60. The van der Waals surface area contributed by atoms with Gasteiger partial charge in [0.2, 0.25) is 0 Å². The van der Waals surface area contributed by atoms with Crippen LogP contribution >= 0.6 is 0 Å². The molecule has 4 nitrogen and oxygen atoms in total. The van der Waals surface area contributed by atoms with E-state index in [9.17, 15) is 14.3 Å². The van der Waals surface area contributed by atoms with Gasteiger partial charge in [0.05, 0.1) is 5.56 Å². The molecule has 0 spiro atoms. The van der Waals surface area contributed by atoms with Crippen molar-refractivity contribution in [2.45, 2.75) is 13.3 Å². The number of hydrogen-bond donors (Lipinski definition) is 3. The zero-order chi connectivity index (χ0) is 16.4. The Morgan fingerprint density at radius 1 is 1.26 bits per heavy atom. The molecule has 0 fully saturated rings. The molecular weight excluding hydrogens is 295 g/mol. The van der Waals surface area contributed by atoms with E-state index >= 15 is 0 Å². The van der Waals surface area contributed by atoms with Crippen molar-refractivity contribution < 1.29 is 14.3 Å². The normalized spacial score (nSPS) is 10.9. The number of aromatic nitrogens is 1. The minimum absolute atomic E-state index is 0.0309. The molecule has 2 aromatic carbocycles. The van der Waals surface area contributed by atoms with Gasteiger partial charge in [-0.2, -0.15) is 0 Å². The molecule has 0 aliphatic heterocycles. The van der Waals surface area contributed by atoms with E-state index in [4.69, 9.17) is 0 Å². The molecule has 23 heavy (non-hydrogen) atoms. The topological polar surface area (TPSA) is 65.1 Å². The van der Waals surface area contributed by atoms with Gasteiger partial charge in [0.25, 0.3) is 5.91 Å². The lowest BCUT2D eigenvalue weighted by Gasteiger charge is -2.07. The van der Waals surface area contributed by atoms with Gasteiger partial charge in [0.1, 0.15) is 11.6 Å². The second-order valence-electron chi connectivity index (χ2n) is 5.53. The summed E-state index contributed by atoms with van der Waals surface area (Å²) in [5.41, 5.74) is 2.94. The molecule has 5 heteroatoms. The van der Waals surface area contributed by atoms with Crippen LogP contribution in [0.2, 0.25) is 0 Å². The van der Waals surface area contributed by atoms with Gasteiger partial charge >= 0.3 is 0 Å². The van der Waals surface area contributed by atoms with Crippen LogP contribution < -0.4 is 5.32 Å². The lowest BCUT2D eigenvalue weighted by molar-refractivity contribution is 0.0951. The molecule has 3 aromatic rings. The molecule has 0 atom stereocenters.